The topological polar surface area (TPSA) is 107 Å². The Bertz CT molecular complexity index is 1100. The molecule has 0 heterocycles. The van der Waals surface area contributed by atoms with Crippen molar-refractivity contribution in [3.8, 4) is 0 Å². The van der Waals surface area contributed by atoms with Crippen LogP contribution in [0.4, 0.5) is 0 Å². The van der Waals surface area contributed by atoms with Gasteiger partial charge in [0, 0.05) is 0 Å². The van der Waals surface area contributed by atoms with Gasteiger partial charge in [-0.1, -0.05) is 55.0 Å². The van der Waals surface area contributed by atoms with Crippen LogP contribution in [0.1, 0.15) is 119 Å². The van der Waals surface area contributed by atoms with Crippen LogP contribution in [0.3, 0.4) is 0 Å². The van der Waals surface area contributed by atoms with Crippen molar-refractivity contribution in [3.63, 3.8) is 0 Å². The van der Waals surface area contributed by atoms with E-state index in [0.717, 1.165) is 69.8 Å². The van der Waals surface area contributed by atoms with Gasteiger partial charge >= 0.3 is 5.97 Å². The standard InChI is InChI=1S/C36H59NO5/c1-21(2)19-25(30(40)41)37-31(42)36-16-11-23(22(3)20-38)29(36)24-9-10-27-33(6)14-13-28(39)32(4,5)26(33)12-15-35(27,8)34(24,7)17-18-36/h21,23-29,38-39H,3,9-20H2,1-2,4-8H3,(H,37,42)(H,40,41)/t23-,24+,25-,26-,27?,28-,29+,33-,34+,35+,36-/m0/s1. The van der Waals surface area contributed by atoms with E-state index in [4.69, 9.17) is 0 Å². The summed E-state index contributed by atoms with van der Waals surface area (Å²) in [6.07, 6.45) is 9.91. The van der Waals surface area contributed by atoms with Crippen molar-refractivity contribution in [2.75, 3.05) is 6.61 Å². The van der Waals surface area contributed by atoms with E-state index < -0.39 is 17.4 Å². The van der Waals surface area contributed by atoms with E-state index >= 15 is 0 Å². The first-order chi connectivity index (χ1) is 19.5. The number of amides is 1. The van der Waals surface area contributed by atoms with E-state index in [1.807, 2.05) is 13.8 Å². The average Bonchev–Trinajstić information content (AvgIpc) is 3.31. The summed E-state index contributed by atoms with van der Waals surface area (Å²) in [4.78, 5) is 26.5. The highest BCUT2D eigenvalue weighted by Gasteiger charge is 2.72. The normalized spacial score (nSPS) is 46.5. The molecule has 5 rings (SSSR count). The SMILES string of the molecule is C=C(CO)[C@@H]1CC[C@]2(C(=O)N[C@@H](CC(C)C)C(=O)O)CC[C@]3(C)[C@H](CCC4[C@@]5(C)CC[C@H](O)C(C)(C)[C@@H]5CC[C@]43C)[C@@H]12. The van der Waals surface area contributed by atoms with Crippen LogP contribution in [0.15, 0.2) is 12.2 Å². The Balaban J connectivity index is 1.52. The molecule has 42 heavy (non-hydrogen) atoms. The minimum Gasteiger partial charge on any atom is -0.480 e. The van der Waals surface area contributed by atoms with E-state index in [0.29, 0.717) is 24.2 Å². The van der Waals surface area contributed by atoms with Gasteiger partial charge in [-0.05, 0) is 133 Å². The number of fused-ring (bicyclic) bond motifs is 7. The summed E-state index contributed by atoms with van der Waals surface area (Å²) in [6, 6.07) is -0.880. The highest BCUT2D eigenvalue weighted by molar-refractivity contribution is 5.88. The number of carbonyl (C=O) groups excluding carboxylic acids is 1. The number of aliphatic carboxylic acids is 1. The first kappa shape index (κ1) is 32.0. The molecule has 5 fully saturated rings. The lowest BCUT2D eigenvalue weighted by Crippen LogP contribution is -2.67. The maximum Gasteiger partial charge on any atom is 0.326 e. The van der Waals surface area contributed by atoms with Gasteiger partial charge in [0.2, 0.25) is 5.91 Å². The van der Waals surface area contributed by atoms with Crippen LogP contribution in [0.25, 0.3) is 0 Å². The molecule has 5 aliphatic carbocycles. The Morgan fingerprint density at radius 1 is 0.881 bits per heavy atom. The zero-order valence-electron chi connectivity index (χ0n) is 27.5. The number of nitrogens with one attached hydrogen (secondary N) is 1. The number of rotatable bonds is 7. The van der Waals surface area contributed by atoms with Gasteiger partial charge in [-0.3, -0.25) is 4.79 Å². The van der Waals surface area contributed by atoms with Crippen LogP contribution in [-0.4, -0.2) is 45.9 Å². The second kappa shape index (κ2) is 10.6. The Morgan fingerprint density at radius 2 is 1.57 bits per heavy atom. The number of carboxylic acid groups (broad SMARTS) is 1. The van der Waals surface area contributed by atoms with Crippen molar-refractivity contribution in [3.05, 3.63) is 12.2 Å². The zero-order valence-corrected chi connectivity index (χ0v) is 27.5. The van der Waals surface area contributed by atoms with E-state index in [2.05, 4.69) is 46.5 Å². The van der Waals surface area contributed by atoms with E-state index in [1.165, 1.54) is 0 Å². The van der Waals surface area contributed by atoms with Gasteiger partial charge in [0.05, 0.1) is 18.1 Å². The summed E-state index contributed by atoms with van der Waals surface area (Å²) in [7, 11) is 0. The van der Waals surface area contributed by atoms with Gasteiger partial charge in [-0.25, -0.2) is 4.79 Å². The largest absolute Gasteiger partial charge is 0.480 e. The summed E-state index contributed by atoms with van der Waals surface area (Å²) in [5.74, 6) is 0.665. The summed E-state index contributed by atoms with van der Waals surface area (Å²) in [5.41, 5.74) is 0.488. The van der Waals surface area contributed by atoms with Crippen molar-refractivity contribution in [1.82, 2.24) is 5.32 Å². The lowest BCUT2D eigenvalue weighted by Gasteiger charge is -2.72. The summed E-state index contributed by atoms with van der Waals surface area (Å²) in [6.45, 7) is 20.4. The van der Waals surface area contributed by atoms with Crippen LogP contribution < -0.4 is 5.32 Å². The fourth-order valence-electron chi connectivity index (χ4n) is 12.5. The molecular weight excluding hydrogens is 526 g/mol. The molecule has 1 amide bonds. The molecule has 0 bridgehead atoms. The molecule has 0 aromatic carbocycles. The molecule has 6 heteroatoms. The third-order valence-corrected chi connectivity index (χ3v) is 14.9. The Hall–Kier alpha value is -1.40. The minimum absolute atomic E-state index is 0.0427. The van der Waals surface area contributed by atoms with Crippen molar-refractivity contribution < 1.29 is 24.9 Å². The molecule has 0 radical (unpaired) electrons. The maximum atomic E-state index is 14.3. The third kappa shape index (κ3) is 4.38. The summed E-state index contributed by atoms with van der Waals surface area (Å²) >= 11 is 0. The van der Waals surface area contributed by atoms with Gasteiger partial charge in [-0.2, -0.15) is 0 Å². The molecule has 0 aromatic rings. The minimum atomic E-state index is -0.960. The first-order valence-electron chi connectivity index (χ1n) is 17.0. The van der Waals surface area contributed by atoms with Crippen molar-refractivity contribution >= 4 is 11.9 Å². The molecule has 11 atom stereocenters. The lowest BCUT2D eigenvalue weighted by atomic mass is 9.32. The van der Waals surface area contributed by atoms with Crippen LogP contribution in [0, 0.1) is 62.6 Å². The van der Waals surface area contributed by atoms with E-state index in [9.17, 15) is 24.9 Å². The predicted molar refractivity (Wildman–Crippen MR) is 165 cm³/mol. The molecule has 0 aromatic heterocycles. The van der Waals surface area contributed by atoms with Gasteiger partial charge in [-0.15, -0.1) is 0 Å². The molecule has 0 saturated heterocycles. The van der Waals surface area contributed by atoms with Crippen LogP contribution >= 0.6 is 0 Å². The van der Waals surface area contributed by atoms with Crippen molar-refractivity contribution in [2.45, 2.75) is 131 Å². The molecule has 5 aliphatic rings. The van der Waals surface area contributed by atoms with Crippen LogP contribution in [-0.2, 0) is 9.59 Å². The highest BCUT2D eigenvalue weighted by Crippen LogP contribution is 2.77. The molecule has 0 spiro atoms. The van der Waals surface area contributed by atoms with Gasteiger partial charge in [0.15, 0.2) is 0 Å². The second-order valence-electron chi connectivity index (χ2n) is 17.2. The second-order valence-corrected chi connectivity index (χ2v) is 17.2. The van der Waals surface area contributed by atoms with E-state index in [1.54, 1.807) is 0 Å². The number of carboxylic acids is 1. The van der Waals surface area contributed by atoms with Gasteiger partial charge < -0.3 is 20.6 Å². The number of carbonyl (C=O) groups is 2. The van der Waals surface area contributed by atoms with Gasteiger partial charge in [0.1, 0.15) is 6.04 Å². The van der Waals surface area contributed by atoms with E-state index in [-0.39, 0.29) is 58.0 Å². The molecule has 0 aliphatic heterocycles. The third-order valence-electron chi connectivity index (χ3n) is 14.9. The Morgan fingerprint density at radius 3 is 2.19 bits per heavy atom. The van der Waals surface area contributed by atoms with Gasteiger partial charge in [0.25, 0.3) is 0 Å². The molecule has 4 N–H and O–H groups in total. The highest BCUT2D eigenvalue weighted by atomic mass is 16.4. The number of hydrogen-bond donors (Lipinski definition) is 4. The Kier molecular flexibility index (Phi) is 8.08. The number of aliphatic hydroxyl groups is 2. The smallest absolute Gasteiger partial charge is 0.326 e. The fraction of sp³-hybridized carbons (Fsp3) is 0.889. The lowest BCUT2D eigenvalue weighted by molar-refractivity contribution is -0.246. The van der Waals surface area contributed by atoms with Crippen LogP contribution in [0.5, 0.6) is 0 Å². The Labute approximate surface area is 254 Å². The monoisotopic (exact) mass is 585 g/mol. The predicted octanol–water partition coefficient (Wildman–Crippen LogP) is 6.59. The maximum absolute atomic E-state index is 14.3. The molecule has 5 saturated carbocycles. The van der Waals surface area contributed by atoms with Crippen LogP contribution in [0.2, 0.25) is 0 Å². The van der Waals surface area contributed by atoms with Crippen molar-refractivity contribution in [2.24, 2.45) is 62.6 Å². The van der Waals surface area contributed by atoms with Crippen molar-refractivity contribution in [1.29, 1.82) is 0 Å². The quantitative estimate of drug-likeness (QED) is 0.252. The first-order valence-corrected chi connectivity index (χ1v) is 17.0. The number of hydrogen-bond acceptors (Lipinski definition) is 4. The zero-order chi connectivity index (χ0) is 31.0. The molecule has 1 unspecified atom stereocenters. The summed E-state index contributed by atoms with van der Waals surface area (Å²) < 4.78 is 0. The molecular formula is C36H59NO5. The number of aliphatic hydroxyl groups excluding tert-OH is 2. The molecule has 6 nitrogen and oxygen atoms in total. The summed E-state index contributed by atoms with van der Waals surface area (Å²) in [5, 5.41) is 34.3. The molecule has 238 valence electrons. The average molecular weight is 586 g/mol. The fourth-order valence-corrected chi connectivity index (χ4v) is 12.5.